The van der Waals surface area contributed by atoms with Crippen molar-refractivity contribution in [3.8, 4) is 11.5 Å². The molecule has 106 valence electrons. The predicted octanol–water partition coefficient (Wildman–Crippen LogP) is 2.39. The Morgan fingerprint density at radius 2 is 2.11 bits per heavy atom. The maximum Gasteiger partial charge on any atom is 0.166 e. The van der Waals surface area contributed by atoms with Gasteiger partial charge in [0.15, 0.2) is 11.5 Å². The molecule has 0 saturated heterocycles. The highest BCUT2D eigenvalue weighted by Gasteiger charge is 2.10. The van der Waals surface area contributed by atoms with Crippen molar-refractivity contribution < 1.29 is 14.2 Å². The van der Waals surface area contributed by atoms with Gasteiger partial charge in [0, 0.05) is 25.8 Å². The van der Waals surface area contributed by atoms with Gasteiger partial charge >= 0.3 is 0 Å². The van der Waals surface area contributed by atoms with E-state index in [1.54, 1.807) is 14.2 Å². The first-order valence-electron chi connectivity index (χ1n) is 6.31. The molecule has 0 spiro atoms. The number of benzene rings is 1. The van der Waals surface area contributed by atoms with E-state index in [9.17, 15) is 0 Å². The van der Waals surface area contributed by atoms with E-state index in [-0.39, 0.29) is 0 Å². The maximum absolute atomic E-state index is 5.78. The first-order chi connectivity index (χ1) is 9.19. The van der Waals surface area contributed by atoms with Crippen LogP contribution in [0.15, 0.2) is 30.4 Å². The summed E-state index contributed by atoms with van der Waals surface area (Å²) in [5, 5.41) is 3.30. The standard InChI is InChI=1S/C15H23NO3/c1-12(2)11-19-15-13(10-16-8-9-17-3)6-5-7-14(15)18-4/h5-7,16H,1,8-11H2,2-4H3. The molecule has 0 heterocycles. The lowest BCUT2D eigenvalue weighted by Gasteiger charge is -2.15. The fourth-order valence-electron chi connectivity index (χ4n) is 1.62. The normalized spacial score (nSPS) is 10.3. The largest absolute Gasteiger partial charge is 0.493 e. The molecule has 0 aliphatic rings. The third-order valence-corrected chi connectivity index (χ3v) is 2.54. The molecular weight excluding hydrogens is 242 g/mol. The fraction of sp³-hybridized carbons (Fsp3) is 0.467. The van der Waals surface area contributed by atoms with Gasteiger partial charge in [-0.25, -0.2) is 0 Å². The minimum Gasteiger partial charge on any atom is -0.493 e. The molecule has 4 heteroatoms. The molecule has 1 aromatic carbocycles. The van der Waals surface area contributed by atoms with Crippen molar-refractivity contribution in [2.45, 2.75) is 13.5 Å². The predicted molar refractivity (Wildman–Crippen MR) is 76.9 cm³/mol. The van der Waals surface area contributed by atoms with Gasteiger partial charge in [0.05, 0.1) is 13.7 Å². The highest BCUT2D eigenvalue weighted by atomic mass is 16.5. The Bertz CT molecular complexity index is 404. The molecule has 1 aromatic rings. The average molecular weight is 265 g/mol. The summed E-state index contributed by atoms with van der Waals surface area (Å²) in [6.45, 7) is 8.47. The Hall–Kier alpha value is -1.52. The molecule has 0 radical (unpaired) electrons. The fourth-order valence-corrected chi connectivity index (χ4v) is 1.62. The van der Waals surface area contributed by atoms with Crippen LogP contribution in [0.2, 0.25) is 0 Å². The quantitative estimate of drug-likeness (QED) is 0.550. The summed E-state index contributed by atoms with van der Waals surface area (Å²) in [6, 6.07) is 5.88. The third-order valence-electron chi connectivity index (χ3n) is 2.54. The summed E-state index contributed by atoms with van der Waals surface area (Å²) in [6.07, 6.45) is 0. The van der Waals surface area contributed by atoms with Crippen molar-refractivity contribution in [2.75, 3.05) is 34.0 Å². The van der Waals surface area contributed by atoms with Crippen LogP contribution in [-0.2, 0) is 11.3 Å². The molecule has 1 rings (SSSR count). The highest BCUT2D eigenvalue weighted by Crippen LogP contribution is 2.31. The molecule has 19 heavy (non-hydrogen) atoms. The van der Waals surface area contributed by atoms with E-state index in [0.717, 1.165) is 29.2 Å². The second-order valence-corrected chi connectivity index (χ2v) is 4.36. The Morgan fingerprint density at radius 3 is 2.74 bits per heavy atom. The van der Waals surface area contributed by atoms with Crippen LogP contribution >= 0.6 is 0 Å². The highest BCUT2D eigenvalue weighted by molar-refractivity contribution is 5.46. The number of rotatable bonds is 9. The van der Waals surface area contributed by atoms with E-state index in [1.165, 1.54) is 0 Å². The number of hydrogen-bond donors (Lipinski definition) is 1. The van der Waals surface area contributed by atoms with Crippen LogP contribution in [0.3, 0.4) is 0 Å². The number of para-hydroxylation sites is 1. The van der Waals surface area contributed by atoms with Crippen molar-refractivity contribution >= 4 is 0 Å². The Balaban J connectivity index is 2.73. The Kier molecular flexibility index (Phi) is 7.00. The zero-order valence-electron chi connectivity index (χ0n) is 12.0. The zero-order chi connectivity index (χ0) is 14.1. The van der Waals surface area contributed by atoms with Crippen LogP contribution in [0, 0.1) is 0 Å². The number of ether oxygens (including phenoxy) is 3. The van der Waals surface area contributed by atoms with Gasteiger partial charge in [-0.05, 0) is 18.6 Å². The van der Waals surface area contributed by atoms with E-state index in [1.807, 2.05) is 25.1 Å². The molecule has 0 amide bonds. The molecule has 0 aromatic heterocycles. The van der Waals surface area contributed by atoms with Crippen LogP contribution in [-0.4, -0.2) is 34.0 Å². The van der Waals surface area contributed by atoms with E-state index in [2.05, 4.69) is 11.9 Å². The molecule has 0 aliphatic carbocycles. The number of hydrogen-bond acceptors (Lipinski definition) is 4. The summed E-state index contributed by atoms with van der Waals surface area (Å²) in [5.74, 6) is 1.52. The average Bonchev–Trinajstić information content (AvgIpc) is 2.41. The van der Waals surface area contributed by atoms with Gasteiger partial charge < -0.3 is 19.5 Å². The number of nitrogens with one attached hydrogen (secondary N) is 1. The molecule has 0 unspecified atom stereocenters. The molecule has 0 bridgehead atoms. The van der Waals surface area contributed by atoms with E-state index < -0.39 is 0 Å². The second kappa shape index (κ2) is 8.56. The van der Waals surface area contributed by atoms with Crippen LogP contribution in [0.25, 0.3) is 0 Å². The Labute approximate surface area is 115 Å². The van der Waals surface area contributed by atoms with E-state index in [4.69, 9.17) is 14.2 Å². The van der Waals surface area contributed by atoms with Crippen molar-refractivity contribution in [2.24, 2.45) is 0 Å². The lowest BCUT2D eigenvalue weighted by atomic mass is 10.2. The summed E-state index contributed by atoms with van der Waals surface area (Å²) in [4.78, 5) is 0. The molecular formula is C15H23NO3. The molecule has 4 nitrogen and oxygen atoms in total. The molecule has 0 fully saturated rings. The topological polar surface area (TPSA) is 39.7 Å². The first kappa shape index (κ1) is 15.5. The van der Waals surface area contributed by atoms with Crippen molar-refractivity contribution in [1.82, 2.24) is 5.32 Å². The van der Waals surface area contributed by atoms with E-state index in [0.29, 0.717) is 19.8 Å². The van der Waals surface area contributed by atoms with Crippen LogP contribution in [0.1, 0.15) is 12.5 Å². The molecule has 0 aliphatic heterocycles. The van der Waals surface area contributed by atoms with Gasteiger partial charge in [-0.15, -0.1) is 0 Å². The van der Waals surface area contributed by atoms with Crippen molar-refractivity contribution in [1.29, 1.82) is 0 Å². The molecule has 0 saturated carbocycles. The summed E-state index contributed by atoms with van der Waals surface area (Å²) in [5.41, 5.74) is 2.04. The van der Waals surface area contributed by atoms with Crippen molar-refractivity contribution in [3.05, 3.63) is 35.9 Å². The summed E-state index contributed by atoms with van der Waals surface area (Å²) < 4.78 is 16.1. The van der Waals surface area contributed by atoms with Gasteiger partial charge in [0.1, 0.15) is 6.61 Å². The smallest absolute Gasteiger partial charge is 0.166 e. The van der Waals surface area contributed by atoms with Gasteiger partial charge in [0.25, 0.3) is 0 Å². The number of methoxy groups -OCH3 is 2. The van der Waals surface area contributed by atoms with Gasteiger partial charge in [-0.2, -0.15) is 0 Å². The minimum atomic E-state index is 0.492. The van der Waals surface area contributed by atoms with Gasteiger partial charge in [-0.3, -0.25) is 0 Å². The lowest BCUT2D eigenvalue weighted by molar-refractivity contribution is 0.199. The first-order valence-corrected chi connectivity index (χ1v) is 6.31. The van der Waals surface area contributed by atoms with Crippen LogP contribution < -0.4 is 14.8 Å². The van der Waals surface area contributed by atoms with Crippen LogP contribution in [0.5, 0.6) is 11.5 Å². The SMILES string of the molecule is C=C(C)COc1c(CNCCOC)cccc1OC. The Morgan fingerprint density at radius 1 is 1.32 bits per heavy atom. The van der Waals surface area contributed by atoms with Crippen LogP contribution in [0.4, 0.5) is 0 Å². The second-order valence-electron chi connectivity index (χ2n) is 4.36. The summed E-state index contributed by atoms with van der Waals surface area (Å²) in [7, 11) is 3.33. The van der Waals surface area contributed by atoms with E-state index >= 15 is 0 Å². The maximum atomic E-state index is 5.78. The van der Waals surface area contributed by atoms with Gasteiger partial charge in [-0.1, -0.05) is 18.7 Å². The minimum absolute atomic E-state index is 0.492. The zero-order valence-corrected chi connectivity index (χ0v) is 12.0. The lowest BCUT2D eigenvalue weighted by Crippen LogP contribution is -2.19. The van der Waals surface area contributed by atoms with Gasteiger partial charge in [0.2, 0.25) is 0 Å². The molecule has 0 atom stereocenters. The molecule has 1 N–H and O–H groups in total. The van der Waals surface area contributed by atoms with Crippen molar-refractivity contribution in [3.63, 3.8) is 0 Å². The monoisotopic (exact) mass is 265 g/mol. The summed E-state index contributed by atoms with van der Waals surface area (Å²) >= 11 is 0. The third kappa shape index (κ3) is 5.32.